The lowest BCUT2D eigenvalue weighted by atomic mass is 9.70. The fourth-order valence-electron chi connectivity index (χ4n) is 7.44. The molecular weight excluding hydrogens is 590 g/mol. The number of aliphatic hydroxyl groups excluding tert-OH is 1. The molecule has 1 aromatic carbocycles. The van der Waals surface area contributed by atoms with Crippen molar-refractivity contribution in [2.24, 2.45) is 23.2 Å². The van der Waals surface area contributed by atoms with Crippen molar-refractivity contribution in [2.75, 3.05) is 18.5 Å². The molecule has 7 atom stereocenters. The summed E-state index contributed by atoms with van der Waals surface area (Å²) in [6, 6.07) is 5.50. The molecule has 0 aliphatic carbocycles. The Labute approximate surface area is 252 Å². The van der Waals surface area contributed by atoms with Crippen molar-refractivity contribution in [3.05, 3.63) is 24.3 Å². The van der Waals surface area contributed by atoms with Gasteiger partial charge in [0.2, 0.25) is 17.7 Å². The van der Waals surface area contributed by atoms with Gasteiger partial charge in [-0.05, 0) is 69.2 Å². The first-order valence-electron chi connectivity index (χ1n) is 14.7. The Hall–Kier alpha value is -2.17. The predicted octanol–water partition coefficient (Wildman–Crippen LogP) is 4.12. The number of nitrogens with one attached hydrogen (secondary N) is 2. The minimum absolute atomic E-state index is 0.0400. The maximum absolute atomic E-state index is 14.3. The largest absolute Gasteiger partial charge is 0.494 e. The molecule has 9 nitrogen and oxygen atoms in total. The van der Waals surface area contributed by atoms with Gasteiger partial charge < -0.3 is 30.1 Å². The van der Waals surface area contributed by atoms with Crippen LogP contribution in [0.25, 0.3) is 0 Å². The van der Waals surface area contributed by atoms with Crippen LogP contribution in [0.3, 0.4) is 0 Å². The van der Waals surface area contributed by atoms with Crippen LogP contribution in [0, 0.1) is 23.2 Å². The number of halogens is 1. The topological polar surface area (TPSA) is 117 Å². The number of alkyl halides is 1. The molecule has 41 heavy (non-hydrogen) atoms. The second kappa shape index (κ2) is 11.5. The number of aliphatic hydroxyl groups is 1. The molecule has 3 saturated heterocycles. The SMILES string of the molecule is CCOc1ccc(NC(=O)[C@H]2[C@H]3C(=O)N([C@@H](CO)C(C)C)C(C(=O)NC(C)(C)CC(C)(C)C)C34CC(Br)[C@@H]2O4)cc1. The number of likely N-dealkylation sites (tertiary alicyclic amines) is 1. The van der Waals surface area contributed by atoms with Crippen molar-refractivity contribution in [1.82, 2.24) is 10.2 Å². The van der Waals surface area contributed by atoms with E-state index in [4.69, 9.17) is 9.47 Å². The molecule has 3 heterocycles. The van der Waals surface area contributed by atoms with E-state index < -0.39 is 41.2 Å². The zero-order valence-electron chi connectivity index (χ0n) is 25.5. The minimum atomic E-state index is -1.19. The number of anilines is 1. The molecule has 1 spiro atoms. The van der Waals surface area contributed by atoms with Crippen LogP contribution in [0.1, 0.15) is 68.2 Å². The van der Waals surface area contributed by atoms with Gasteiger partial charge in [0.1, 0.15) is 17.4 Å². The lowest BCUT2D eigenvalue weighted by molar-refractivity contribution is -0.147. The first-order chi connectivity index (χ1) is 19.0. The van der Waals surface area contributed by atoms with Crippen molar-refractivity contribution in [3.63, 3.8) is 0 Å². The van der Waals surface area contributed by atoms with Crippen LogP contribution in [0.2, 0.25) is 0 Å². The van der Waals surface area contributed by atoms with Crippen molar-refractivity contribution in [3.8, 4) is 5.75 Å². The third kappa shape index (κ3) is 6.02. The zero-order valence-corrected chi connectivity index (χ0v) is 27.1. The Morgan fingerprint density at radius 2 is 1.80 bits per heavy atom. The number of ether oxygens (including phenoxy) is 2. The quantitative estimate of drug-likeness (QED) is 0.333. The highest BCUT2D eigenvalue weighted by Crippen LogP contribution is 2.60. The van der Waals surface area contributed by atoms with Gasteiger partial charge in [-0.3, -0.25) is 14.4 Å². The maximum Gasteiger partial charge on any atom is 0.246 e. The van der Waals surface area contributed by atoms with Gasteiger partial charge in [-0.15, -0.1) is 0 Å². The molecule has 3 aliphatic rings. The van der Waals surface area contributed by atoms with Gasteiger partial charge in [-0.2, -0.15) is 0 Å². The van der Waals surface area contributed by atoms with Crippen LogP contribution < -0.4 is 15.4 Å². The molecule has 3 fully saturated rings. The number of fused-ring (bicyclic) bond motifs is 1. The molecule has 10 heteroatoms. The number of benzene rings is 1. The Balaban J connectivity index is 1.70. The van der Waals surface area contributed by atoms with E-state index in [0.717, 1.165) is 0 Å². The Morgan fingerprint density at radius 3 is 2.34 bits per heavy atom. The summed E-state index contributed by atoms with van der Waals surface area (Å²) in [5.41, 5.74) is -1.21. The summed E-state index contributed by atoms with van der Waals surface area (Å²) < 4.78 is 12.1. The molecule has 0 saturated carbocycles. The monoisotopic (exact) mass is 635 g/mol. The average Bonchev–Trinajstić information content (AvgIpc) is 3.42. The average molecular weight is 637 g/mol. The Morgan fingerprint density at radius 1 is 1.17 bits per heavy atom. The van der Waals surface area contributed by atoms with Crippen LogP contribution in [-0.2, 0) is 19.1 Å². The Kier molecular flexibility index (Phi) is 8.90. The fraction of sp³-hybridized carbons (Fsp3) is 0.710. The van der Waals surface area contributed by atoms with E-state index in [0.29, 0.717) is 30.9 Å². The molecule has 1 aromatic rings. The van der Waals surface area contributed by atoms with Gasteiger partial charge in [-0.1, -0.05) is 50.5 Å². The first-order valence-corrected chi connectivity index (χ1v) is 15.6. The predicted molar refractivity (Wildman–Crippen MR) is 161 cm³/mol. The number of hydrogen-bond acceptors (Lipinski definition) is 6. The van der Waals surface area contributed by atoms with E-state index in [1.807, 2.05) is 34.6 Å². The highest BCUT2D eigenvalue weighted by atomic mass is 79.9. The van der Waals surface area contributed by atoms with Crippen LogP contribution in [0.5, 0.6) is 5.75 Å². The summed E-state index contributed by atoms with van der Waals surface area (Å²) in [4.78, 5) is 43.7. The molecule has 3 unspecified atom stereocenters. The summed E-state index contributed by atoms with van der Waals surface area (Å²) in [7, 11) is 0. The van der Waals surface area contributed by atoms with Crippen LogP contribution in [0.4, 0.5) is 5.69 Å². The van der Waals surface area contributed by atoms with Gasteiger partial charge in [-0.25, -0.2) is 0 Å². The van der Waals surface area contributed by atoms with Crippen molar-refractivity contribution >= 4 is 39.3 Å². The normalized spacial score (nSPS) is 30.0. The minimum Gasteiger partial charge on any atom is -0.494 e. The van der Waals surface area contributed by atoms with E-state index in [9.17, 15) is 19.5 Å². The standard InChI is InChI=1S/C31H46BrN3O6/c1-9-40-19-12-10-18(11-13-19)33-26(37)22-23-28(39)35(21(15-36)17(2)3)25(31(23)14-20(32)24(22)41-31)27(38)34-30(7,8)16-29(4,5)6/h10-13,17,20-25,36H,9,14-16H2,1-8H3,(H,33,37)(H,34,38)/t20?,21-,22-,23-,24-,25?,31?/m0/s1. The van der Waals surface area contributed by atoms with E-state index in [1.54, 1.807) is 24.3 Å². The van der Waals surface area contributed by atoms with Gasteiger partial charge in [0.25, 0.3) is 0 Å². The molecule has 4 rings (SSSR count). The molecule has 3 amide bonds. The summed E-state index contributed by atoms with van der Waals surface area (Å²) in [5.74, 6) is -2.04. The van der Waals surface area contributed by atoms with Gasteiger partial charge >= 0.3 is 0 Å². The van der Waals surface area contributed by atoms with Crippen molar-refractivity contribution in [1.29, 1.82) is 0 Å². The summed E-state index contributed by atoms with van der Waals surface area (Å²) in [6.07, 6.45) is 0.554. The summed E-state index contributed by atoms with van der Waals surface area (Å²) in [5, 5.41) is 16.6. The van der Waals surface area contributed by atoms with E-state index >= 15 is 0 Å². The van der Waals surface area contributed by atoms with Gasteiger partial charge in [0, 0.05) is 16.1 Å². The first kappa shape index (κ1) is 31.8. The zero-order chi connectivity index (χ0) is 30.5. The lowest BCUT2D eigenvalue weighted by Gasteiger charge is -2.41. The molecule has 228 valence electrons. The number of amides is 3. The van der Waals surface area contributed by atoms with Crippen LogP contribution >= 0.6 is 15.9 Å². The van der Waals surface area contributed by atoms with E-state index in [-0.39, 0.29) is 40.5 Å². The highest BCUT2D eigenvalue weighted by molar-refractivity contribution is 9.09. The van der Waals surface area contributed by atoms with Crippen LogP contribution in [0.15, 0.2) is 24.3 Å². The number of carbonyl (C=O) groups is 3. The van der Waals surface area contributed by atoms with Crippen molar-refractivity contribution < 1.29 is 29.0 Å². The lowest BCUT2D eigenvalue weighted by Crippen LogP contribution is -2.62. The van der Waals surface area contributed by atoms with E-state index in [1.165, 1.54) is 4.90 Å². The molecule has 3 N–H and O–H groups in total. The highest BCUT2D eigenvalue weighted by Gasteiger charge is 2.77. The van der Waals surface area contributed by atoms with Gasteiger partial charge in [0.05, 0.1) is 37.2 Å². The third-order valence-electron chi connectivity index (χ3n) is 8.46. The van der Waals surface area contributed by atoms with Gasteiger partial charge in [0.15, 0.2) is 0 Å². The molecule has 3 aliphatic heterocycles. The smallest absolute Gasteiger partial charge is 0.246 e. The third-order valence-corrected chi connectivity index (χ3v) is 9.30. The van der Waals surface area contributed by atoms with Crippen LogP contribution in [-0.4, -0.2) is 75.1 Å². The second-order valence-electron chi connectivity index (χ2n) is 14.0. The molecule has 0 aromatic heterocycles. The Bertz CT molecular complexity index is 1150. The summed E-state index contributed by atoms with van der Waals surface area (Å²) in [6.45, 7) is 16.3. The van der Waals surface area contributed by atoms with Crippen molar-refractivity contribution in [2.45, 2.75) is 102 Å². The number of hydrogen-bond donors (Lipinski definition) is 3. The number of nitrogens with zero attached hydrogens (tertiary/aromatic N) is 1. The molecular formula is C31H46BrN3O6. The number of rotatable bonds is 10. The number of carbonyl (C=O) groups excluding carboxylic acids is 3. The van der Waals surface area contributed by atoms with E-state index in [2.05, 4.69) is 47.3 Å². The molecule has 2 bridgehead atoms. The second-order valence-corrected chi connectivity index (χ2v) is 15.1. The fourth-order valence-corrected chi connectivity index (χ4v) is 8.39. The maximum atomic E-state index is 14.3. The molecule has 0 radical (unpaired) electrons. The summed E-state index contributed by atoms with van der Waals surface area (Å²) >= 11 is 3.72.